The fourth-order valence-corrected chi connectivity index (χ4v) is 9.52. The van der Waals surface area contributed by atoms with Crippen molar-refractivity contribution >= 4 is 34.9 Å². The molecule has 0 bridgehead atoms. The minimum absolute atomic E-state index is 0.0322. The van der Waals surface area contributed by atoms with Gasteiger partial charge in [0.2, 0.25) is 17.6 Å². The third-order valence-corrected chi connectivity index (χ3v) is 12.1. The van der Waals surface area contributed by atoms with Crippen molar-refractivity contribution in [2.24, 2.45) is 0 Å². The van der Waals surface area contributed by atoms with Crippen LogP contribution in [0.1, 0.15) is 108 Å². The molecule has 2 amide bonds. The number of nitrogens with one attached hydrogen (secondary N) is 2. The van der Waals surface area contributed by atoms with Gasteiger partial charge in [0.15, 0.2) is 0 Å². The van der Waals surface area contributed by atoms with Gasteiger partial charge in [0.25, 0.3) is 5.91 Å². The van der Waals surface area contributed by atoms with Gasteiger partial charge >= 0.3 is 12.1 Å². The smallest absolute Gasteiger partial charge is 0.410 e. The van der Waals surface area contributed by atoms with E-state index in [9.17, 15) is 18.8 Å². The van der Waals surface area contributed by atoms with Gasteiger partial charge in [-0.1, -0.05) is 36.4 Å². The van der Waals surface area contributed by atoms with Crippen molar-refractivity contribution in [3.63, 3.8) is 0 Å². The van der Waals surface area contributed by atoms with Crippen molar-refractivity contribution in [1.82, 2.24) is 25.7 Å². The lowest BCUT2D eigenvalue weighted by Crippen LogP contribution is -2.46. The summed E-state index contributed by atoms with van der Waals surface area (Å²) in [6, 6.07) is 16.9. The molecule has 3 aliphatic heterocycles. The number of benzene rings is 2. The fourth-order valence-electron chi connectivity index (χ4n) is 8.49. The van der Waals surface area contributed by atoms with E-state index in [4.69, 9.17) is 23.4 Å². The summed E-state index contributed by atoms with van der Waals surface area (Å²) < 4.78 is 44.9. The number of ether oxygens (including phenoxy) is 4. The normalized spacial score (nSPS) is 21.4. The van der Waals surface area contributed by atoms with E-state index in [0.29, 0.717) is 51.7 Å². The van der Waals surface area contributed by atoms with Crippen LogP contribution in [0.25, 0.3) is 5.57 Å². The summed E-state index contributed by atoms with van der Waals surface area (Å²) in [4.78, 5) is 45.2. The second kappa shape index (κ2) is 16.3. The monoisotopic (exact) mass is 825 g/mol. The highest BCUT2D eigenvalue weighted by Crippen LogP contribution is 2.50. The predicted octanol–water partition coefficient (Wildman–Crippen LogP) is 7.60. The van der Waals surface area contributed by atoms with E-state index in [1.807, 2.05) is 24.3 Å². The lowest BCUT2D eigenvalue weighted by molar-refractivity contribution is -0.165. The summed E-state index contributed by atoms with van der Waals surface area (Å²) in [5, 5.41) is 15.5. The van der Waals surface area contributed by atoms with Gasteiger partial charge in [0.05, 0.1) is 48.3 Å². The molecule has 0 spiro atoms. The van der Waals surface area contributed by atoms with E-state index in [2.05, 4.69) is 26.9 Å². The van der Waals surface area contributed by atoms with Crippen molar-refractivity contribution in [1.29, 1.82) is 0 Å². The Bertz CT molecular complexity index is 2300. The van der Waals surface area contributed by atoms with Crippen LogP contribution in [0.4, 0.5) is 9.18 Å². The molecule has 1 aliphatic carbocycles. The van der Waals surface area contributed by atoms with Crippen LogP contribution in [-0.2, 0) is 35.9 Å². The van der Waals surface area contributed by atoms with Crippen molar-refractivity contribution < 1.29 is 42.1 Å². The van der Waals surface area contributed by atoms with Crippen LogP contribution < -0.4 is 10.6 Å². The summed E-state index contributed by atoms with van der Waals surface area (Å²) >= 11 is 1.24. The van der Waals surface area contributed by atoms with Crippen molar-refractivity contribution in [2.45, 2.75) is 96.1 Å². The van der Waals surface area contributed by atoms with E-state index >= 15 is 0 Å². The van der Waals surface area contributed by atoms with E-state index in [1.54, 1.807) is 57.7 Å². The molecule has 3 atom stereocenters. The Morgan fingerprint density at radius 1 is 1.03 bits per heavy atom. The van der Waals surface area contributed by atoms with Gasteiger partial charge in [-0.2, -0.15) is 0 Å². The first-order chi connectivity index (χ1) is 28.3. The summed E-state index contributed by atoms with van der Waals surface area (Å²) in [5.74, 6) is -3.17. The number of hydrogen-bond acceptors (Lipinski definition) is 12. The number of hydrogen-bond donors (Lipinski definition) is 2. The summed E-state index contributed by atoms with van der Waals surface area (Å²) in [6.45, 7) is 9.81. The Morgan fingerprint density at radius 2 is 1.80 bits per heavy atom. The second-order valence-electron chi connectivity index (χ2n) is 16.1. The van der Waals surface area contributed by atoms with Gasteiger partial charge in [0.1, 0.15) is 11.4 Å². The van der Waals surface area contributed by atoms with E-state index in [-0.39, 0.29) is 55.5 Å². The summed E-state index contributed by atoms with van der Waals surface area (Å²) in [6.07, 6.45) is 2.33. The maximum Gasteiger partial charge on any atom is 0.410 e. The van der Waals surface area contributed by atoms with Crippen LogP contribution in [0.2, 0.25) is 0 Å². The topological polar surface area (TPSA) is 154 Å². The Hall–Kier alpha value is -5.38. The van der Waals surface area contributed by atoms with E-state index in [0.717, 1.165) is 18.4 Å². The number of rotatable bonds is 10. The number of amides is 2. The minimum atomic E-state index is -1.38. The van der Waals surface area contributed by atoms with Crippen LogP contribution in [0.5, 0.6) is 0 Å². The van der Waals surface area contributed by atoms with Gasteiger partial charge in [0, 0.05) is 47.3 Å². The summed E-state index contributed by atoms with van der Waals surface area (Å²) in [7, 11) is 0. The molecular weight excluding hydrogens is 778 g/mol. The maximum atomic E-state index is 14.6. The first kappa shape index (κ1) is 40.4. The van der Waals surface area contributed by atoms with Crippen LogP contribution in [0, 0.1) is 12.7 Å². The molecule has 1 unspecified atom stereocenters. The maximum absolute atomic E-state index is 14.6. The molecule has 2 aromatic carbocycles. The first-order valence-electron chi connectivity index (χ1n) is 20.1. The number of halogens is 1. The number of carbonyl (C=O) groups is 3. The van der Waals surface area contributed by atoms with Gasteiger partial charge in [-0.3, -0.25) is 9.69 Å². The molecule has 5 heterocycles. The molecule has 4 aromatic rings. The zero-order chi connectivity index (χ0) is 41.5. The van der Waals surface area contributed by atoms with Crippen LogP contribution in [-0.4, -0.2) is 71.1 Å². The lowest BCUT2D eigenvalue weighted by Gasteiger charge is -2.38. The van der Waals surface area contributed by atoms with Crippen LogP contribution >= 0.6 is 11.3 Å². The predicted molar refractivity (Wildman–Crippen MR) is 215 cm³/mol. The number of nitrogens with zero attached hydrogens (tertiary/aromatic N) is 3. The number of esters is 1. The Morgan fingerprint density at radius 3 is 2.51 bits per heavy atom. The Labute approximate surface area is 345 Å². The number of fused-ring (bicyclic) bond motifs is 1. The van der Waals surface area contributed by atoms with Crippen LogP contribution in [0.15, 0.2) is 82.0 Å². The number of thiophene rings is 1. The number of dihydropyridines is 1. The molecule has 2 saturated heterocycles. The SMILES string of the molecule is CCOC(=O)C1=C([C@@H]2CCCN2C(=O)OC(C)(C)C)NC(CC2(c3ccc(F)cc3)OCCO2)=C(c2nnc(C)o2)C1c1ccc(C(=O)N[C@@H]2CCc3ccccc32)s1. The molecule has 0 saturated carbocycles. The highest BCUT2D eigenvalue weighted by molar-refractivity contribution is 7.14. The third kappa shape index (κ3) is 8.15. The number of carbonyl (C=O) groups excluding carboxylic acids is 3. The molecule has 15 heteroatoms. The molecule has 13 nitrogen and oxygen atoms in total. The second-order valence-corrected chi connectivity index (χ2v) is 17.2. The zero-order valence-electron chi connectivity index (χ0n) is 33.8. The molecule has 310 valence electrons. The average Bonchev–Trinajstić information content (AvgIpc) is 4.06. The average molecular weight is 826 g/mol. The number of allylic oxidation sites excluding steroid dienone is 1. The van der Waals surface area contributed by atoms with Gasteiger partial charge in [-0.15, -0.1) is 21.5 Å². The molecule has 2 fully saturated rings. The molecule has 2 aromatic heterocycles. The highest BCUT2D eigenvalue weighted by Gasteiger charge is 2.48. The molecular formula is C44H48FN5O8S. The largest absolute Gasteiger partial charge is 0.463 e. The van der Waals surface area contributed by atoms with Crippen molar-refractivity contribution in [2.75, 3.05) is 26.4 Å². The molecule has 59 heavy (non-hydrogen) atoms. The van der Waals surface area contributed by atoms with E-state index in [1.165, 1.54) is 29.0 Å². The van der Waals surface area contributed by atoms with Crippen molar-refractivity contribution in [3.05, 3.63) is 122 Å². The van der Waals surface area contributed by atoms with Crippen LogP contribution in [0.3, 0.4) is 0 Å². The number of aromatic nitrogens is 2. The molecule has 0 radical (unpaired) electrons. The summed E-state index contributed by atoms with van der Waals surface area (Å²) in [5.41, 5.74) is 3.73. The Balaban J connectivity index is 1.29. The highest BCUT2D eigenvalue weighted by atomic mass is 32.1. The van der Waals surface area contributed by atoms with E-state index < -0.39 is 41.2 Å². The fraction of sp³-hybridized carbons (Fsp3) is 0.432. The minimum Gasteiger partial charge on any atom is -0.463 e. The van der Waals surface area contributed by atoms with Crippen molar-refractivity contribution in [3.8, 4) is 0 Å². The molecule has 2 N–H and O–H groups in total. The zero-order valence-corrected chi connectivity index (χ0v) is 34.6. The third-order valence-electron chi connectivity index (χ3n) is 11.0. The first-order valence-corrected chi connectivity index (χ1v) is 20.9. The lowest BCUT2D eigenvalue weighted by atomic mass is 9.80. The Kier molecular flexibility index (Phi) is 11.2. The molecule has 4 aliphatic rings. The molecule has 8 rings (SSSR count). The number of likely N-dealkylation sites (tertiary alicyclic amines) is 1. The van der Waals surface area contributed by atoms with Gasteiger partial charge in [-0.05, 0) is 88.8 Å². The standard InChI is InChI=1S/C44H48FN5O8S/c1-6-54-41(52)37-36(33-19-20-34(59-33)39(51)47-30-18-13-26-10-7-8-11-29(26)30)35(40-49-48-25(2)57-40)31(24-44(55-22-23-56-44)27-14-16-28(45)17-15-27)46-38(37)32-12-9-21-50(32)42(53)58-43(3,4)5/h7-8,10-11,14-17,19-20,30,32,36,46H,6,9,12-13,18,21-24H2,1-5H3,(H,47,51)/t30-,32+,36?/m1/s1. The number of aryl methyl sites for hydroxylation is 2. The van der Waals surface area contributed by atoms with Gasteiger partial charge < -0.3 is 34.0 Å². The quantitative estimate of drug-likeness (QED) is 0.152. The van der Waals surface area contributed by atoms with Gasteiger partial charge in [-0.25, -0.2) is 14.0 Å².